The van der Waals surface area contributed by atoms with E-state index in [2.05, 4.69) is 31.4 Å². The largest absolute Gasteiger partial charge is 0.446 e. The van der Waals surface area contributed by atoms with E-state index in [4.69, 9.17) is 15.2 Å². The molecular formula is C42H66N8O8S. The number of thiazole rings is 1. The van der Waals surface area contributed by atoms with Crippen molar-refractivity contribution >= 4 is 41.1 Å². The molecule has 1 fully saturated rings. The maximum atomic E-state index is 14.4. The molecule has 0 saturated carbocycles. The van der Waals surface area contributed by atoms with Crippen LogP contribution in [-0.4, -0.2) is 120 Å². The van der Waals surface area contributed by atoms with Gasteiger partial charge in [-0.3, -0.25) is 29.5 Å². The average molecular weight is 843 g/mol. The highest BCUT2D eigenvalue weighted by Gasteiger charge is 2.38. The van der Waals surface area contributed by atoms with Crippen LogP contribution < -0.4 is 27.2 Å². The molecular weight excluding hydrogens is 777 g/mol. The minimum Gasteiger partial charge on any atom is -0.446 e. The third kappa shape index (κ3) is 13.4. The second kappa shape index (κ2) is 23.6. The Morgan fingerprint density at radius 1 is 1.05 bits per heavy atom. The average Bonchev–Trinajstić information content (AvgIpc) is 3.73. The molecule has 17 heteroatoms. The third-order valence-electron chi connectivity index (χ3n) is 11.4. The molecule has 1 aliphatic heterocycles. The molecule has 4 rings (SSSR count). The van der Waals surface area contributed by atoms with Gasteiger partial charge in [0.05, 0.1) is 25.2 Å². The number of nitrogens with zero attached hydrogens (tertiary/aromatic N) is 3. The van der Waals surface area contributed by atoms with Gasteiger partial charge in [0.1, 0.15) is 29.5 Å². The number of nitrogens with two attached hydrogens (primary N) is 1. The van der Waals surface area contributed by atoms with E-state index in [9.17, 15) is 29.1 Å². The number of carbonyl (C=O) groups excluding carboxylic acids is 5. The lowest BCUT2D eigenvalue weighted by molar-refractivity contribution is -0.142. The van der Waals surface area contributed by atoms with Crippen LogP contribution in [0.4, 0.5) is 4.79 Å². The number of likely N-dealkylation sites (N-methyl/N-ethyl adjacent to an activating group) is 1. The Kier molecular flexibility index (Phi) is 19.0. The van der Waals surface area contributed by atoms with Crippen molar-refractivity contribution < 1.29 is 38.6 Å². The fourth-order valence-corrected chi connectivity index (χ4v) is 8.68. The predicted molar refractivity (Wildman–Crippen MR) is 225 cm³/mol. The molecule has 0 spiro atoms. The lowest BCUT2D eigenvalue weighted by atomic mass is 9.79. The highest BCUT2D eigenvalue weighted by molar-refractivity contribution is 7.09. The van der Waals surface area contributed by atoms with E-state index >= 15 is 0 Å². The zero-order valence-electron chi connectivity index (χ0n) is 35.5. The number of piperidine rings is 1. The Bertz CT molecular complexity index is 1690. The Hall–Kier alpha value is -4.16. The van der Waals surface area contributed by atoms with Gasteiger partial charge < -0.3 is 35.8 Å². The number of fused-ring (bicyclic) bond motifs is 1. The molecule has 7 unspecified atom stereocenters. The number of hydrogen-bond acceptors (Lipinski definition) is 12. The molecule has 0 bridgehead atoms. The van der Waals surface area contributed by atoms with Crippen molar-refractivity contribution in [3.8, 4) is 0 Å². The van der Waals surface area contributed by atoms with Crippen LogP contribution in [0, 0.1) is 11.8 Å². The first kappa shape index (κ1) is 47.5. The number of aliphatic hydroxyl groups excluding tert-OH is 1. The van der Waals surface area contributed by atoms with Crippen LogP contribution in [0.25, 0.3) is 0 Å². The standard InChI is InChI=1S/C42H66N8O8S/c1-7-17-50(41(55)36(27(5)8-2)46-39(54)33-15-11-12-18-49(33)6)34(26(3)4)24-35(51)40-45-32(25-59-40)38(53)44-29-22-28-13-9-10-14-30(28)31(23-29)37(52)47-48-42(56)58-21-20-57-19-16-43/h9-10,13-14,25-27,29,31,33-36,51H,7-8,11-12,15-24,43H2,1-6H3,(H,44,53)(H,46,54)(H,47,52)(H,48,56). The summed E-state index contributed by atoms with van der Waals surface area (Å²) in [6.45, 7) is 12.2. The molecule has 2 aliphatic rings. The second-order valence-corrected chi connectivity index (χ2v) is 16.9. The first-order valence-corrected chi connectivity index (χ1v) is 22.0. The van der Waals surface area contributed by atoms with Gasteiger partial charge in [0.2, 0.25) is 17.7 Å². The van der Waals surface area contributed by atoms with Gasteiger partial charge in [0.25, 0.3) is 5.91 Å². The molecule has 7 N–H and O–H groups in total. The van der Waals surface area contributed by atoms with Crippen LogP contribution in [0.3, 0.4) is 0 Å². The number of amides is 5. The van der Waals surface area contributed by atoms with Crippen LogP contribution in [0.1, 0.15) is 118 Å². The van der Waals surface area contributed by atoms with E-state index < -0.39 is 42.0 Å². The molecule has 2 aromatic rings. The van der Waals surface area contributed by atoms with E-state index in [1.165, 1.54) is 11.3 Å². The Morgan fingerprint density at radius 2 is 1.81 bits per heavy atom. The summed E-state index contributed by atoms with van der Waals surface area (Å²) in [5.74, 6) is -1.98. The summed E-state index contributed by atoms with van der Waals surface area (Å²) in [7, 11) is 1.95. The molecule has 2 heterocycles. The summed E-state index contributed by atoms with van der Waals surface area (Å²) in [4.78, 5) is 75.4. The quantitative estimate of drug-likeness (QED) is 0.0839. The van der Waals surface area contributed by atoms with Crippen molar-refractivity contribution in [1.82, 2.24) is 36.3 Å². The summed E-state index contributed by atoms with van der Waals surface area (Å²) >= 11 is 1.17. The van der Waals surface area contributed by atoms with Crippen molar-refractivity contribution in [1.29, 1.82) is 0 Å². The molecule has 1 aromatic carbocycles. The Labute approximate surface area is 352 Å². The summed E-state index contributed by atoms with van der Waals surface area (Å²) in [5.41, 5.74) is 11.9. The van der Waals surface area contributed by atoms with Gasteiger partial charge in [-0.1, -0.05) is 71.7 Å². The molecule has 59 heavy (non-hydrogen) atoms. The van der Waals surface area contributed by atoms with E-state index in [-0.39, 0.29) is 67.5 Å². The number of hydrogen-bond donors (Lipinski definition) is 6. The van der Waals surface area contributed by atoms with Gasteiger partial charge in [-0.2, -0.15) is 0 Å². The van der Waals surface area contributed by atoms with Crippen molar-refractivity contribution in [3.63, 3.8) is 0 Å². The van der Waals surface area contributed by atoms with Crippen LogP contribution in [-0.2, 0) is 30.3 Å². The van der Waals surface area contributed by atoms with Gasteiger partial charge >= 0.3 is 6.09 Å². The normalized spacial score (nSPS) is 20.1. The van der Waals surface area contributed by atoms with Crippen molar-refractivity contribution in [2.75, 3.05) is 46.5 Å². The van der Waals surface area contributed by atoms with E-state index in [0.29, 0.717) is 44.0 Å². The summed E-state index contributed by atoms with van der Waals surface area (Å²) in [6, 6.07) is 5.70. The number of nitrogens with one attached hydrogen (secondary N) is 4. The van der Waals surface area contributed by atoms with E-state index in [0.717, 1.165) is 36.9 Å². The van der Waals surface area contributed by atoms with Crippen LogP contribution >= 0.6 is 11.3 Å². The minimum atomic E-state index is -1.05. The molecule has 1 saturated heterocycles. The Morgan fingerprint density at radius 3 is 2.51 bits per heavy atom. The number of rotatable bonds is 20. The topological polar surface area (TPSA) is 218 Å². The van der Waals surface area contributed by atoms with Gasteiger partial charge in [0, 0.05) is 37.0 Å². The van der Waals surface area contributed by atoms with E-state index in [1.807, 2.05) is 70.8 Å². The minimum absolute atomic E-state index is 0.00888. The summed E-state index contributed by atoms with van der Waals surface area (Å²) in [5, 5.41) is 19.7. The van der Waals surface area contributed by atoms with E-state index in [1.54, 1.807) is 5.38 Å². The molecule has 16 nitrogen and oxygen atoms in total. The number of aliphatic hydroxyl groups is 1. The van der Waals surface area contributed by atoms with Gasteiger partial charge in [0.15, 0.2) is 0 Å². The van der Waals surface area contributed by atoms with Gasteiger partial charge in [-0.15, -0.1) is 11.3 Å². The summed E-state index contributed by atoms with van der Waals surface area (Å²) in [6.07, 6.45) is 3.24. The lowest BCUT2D eigenvalue weighted by Crippen LogP contribution is -2.58. The fraction of sp³-hybridized carbons (Fsp3) is 0.667. The maximum absolute atomic E-state index is 14.4. The van der Waals surface area contributed by atoms with Crippen LogP contribution in [0.2, 0.25) is 0 Å². The van der Waals surface area contributed by atoms with Crippen molar-refractivity contribution in [2.24, 2.45) is 17.6 Å². The van der Waals surface area contributed by atoms with Gasteiger partial charge in [-0.25, -0.2) is 15.2 Å². The third-order valence-corrected chi connectivity index (χ3v) is 12.3. The van der Waals surface area contributed by atoms with Crippen molar-refractivity contribution in [3.05, 3.63) is 51.5 Å². The smallest absolute Gasteiger partial charge is 0.426 e. The zero-order chi connectivity index (χ0) is 43.1. The number of carbonyl (C=O) groups is 5. The number of benzene rings is 1. The highest BCUT2D eigenvalue weighted by Crippen LogP contribution is 2.33. The fourth-order valence-electron chi connectivity index (χ4n) is 7.88. The second-order valence-electron chi connectivity index (χ2n) is 16.0. The molecule has 0 radical (unpaired) electrons. The first-order valence-electron chi connectivity index (χ1n) is 21.1. The molecule has 5 amide bonds. The monoisotopic (exact) mass is 842 g/mol. The lowest BCUT2D eigenvalue weighted by Gasteiger charge is -2.39. The Balaban J connectivity index is 1.41. The highest BCUT2D eigenvalue weighted by atomic mass is 32.1. The molecule has 328 valence electrons. The summed E-state index contributed by atoms with van der Waals surface area (Å²) < 4.78 is 10.2. The molecule has 1 aliphatic carbocycles. The number of hydrazine groups is 1. The molecule has 7 atom stereocenters. The van der Waals surface area contributed by atoms with Crippen LogP contribution in [0.5, 0.6) is 0 Å². The molecule has 1 aromatic heterocycles. The predicted octanol–water partition coefficient (Wildman–Crippen LogP) is 3.41. The number of aromatic nitrogens is 1. The van der Waals surface area contributed by atoms with Crippen LogP contribution in [0.15, 0.2) is 29.6 Å². The zero-order valence-corrected chi connectivity index (χ0v) is 36.4. The SMILES string of the molecule is CCCN(C(=O)C(NC(=O)C1CCCCN1C)C(C)CC)C(CC(O)c1nc(C(=O)NC2Cc3ccccc3C(C(=O)NNC(=O)OCCOCCN)C2)cs1)C(C)C. The maximum Gasteiger partial charge on any atom is 0.426 e. The number of ether oxygens (including phenoxy) is 2. The first-order chi connectivity index (χ1) is 28.3. The number of likely N-dealkylation sites (tertiary alicyclic amines) is 1. The van der Waals surface area contributed by atoms with Gasteiger partial charge in [-0.05, 0) is 68.7 Å². The van der Waals surface area contributed by atoms with Crippen molar-refractivity contribution in [2.45, 2.75) is 122 Å².